The van der Waals surface area contributed by atoms with Crippen LogP contribution in [0.25, 0.3) is 0 Å². The maximum atomic E-state index is 5.15. The molecule has 70 valence electrons. The molecule has 0 aliphatic carbocycles. The number of epoxide rings is 1. The van der Waals surface area contributed by atoms with Gasteiger partial charge in [-0.05, 0) is 0 Å². The third-order valence-corrected chi connectivity index (χ3v) is 1.14. The lowest BCUT2D eigenvalue weighted by atomic mass is 10.5. The molecule has 11 heavy (non-hydrogen) atoms. The molecule has 0 spiro atoms. The molecule has 1 fully saturated rings. The second kappa shape index (κ2) is 7.98. The molecule has 1 rings (SSSR count). The van der Waals surface area contributed by atoms with Crippen LogP contribution < -0.4 is 0 Å². The largest absolute Gasteiger partial charge is 0.382 e. The predicted octanol–water partition coefficient (Wildman–Crippen LogP) is 1.32. The van der Waals surface area contributed by atoms with E-state index >= 15 is 0 Å². The van der Waals surface area contributed by atoms with Crippen molar-refractivity contribution in [2.24, 2.45) is 0 Å². The highest BCUT2D eigenvalue weighted by Crippen LogP contribution is 2.07. The van der Waals surface area contributed by atoms with E-state index in [1.165, 1.54) is 0 Å². The smallest absolute Gasteiger partial charge is 0.104 e. The average Bonchev–Trinajstić information content (AvgIpc) is 2.63. The van der Waals surface area contributed by atoms with E-state index in [9.17, 15) is 0 Å². The predicted molar refractivity (Wildman–Crippen MR) is 45.9 cm³/mol. The molecule has 1 aliphatic heterocycles. The maximum Gasteiger partial charge on any atom is 0.104 e. The Bertz CT molecular complexity index is 71.7. The Balaban J connectivity index is 0. The quantitative estimate of drug-likeness (QED) is 0.453. The maximum absolute atomic E-state index is 5.15. The van der Waals surface area contributed by atoms with Gasteiger partial charge in [0.05, 0.1) is 26.4 Å². The highest BCUT2D eigenvalue weighted by Gasteiger charge is 2.21. The monoisotopic (exact) mass is 164 g/mol. The molecule has 1 saturated heterocycles. The van der Waals surface area contributed by atoms with Gasteiger partial charge in [-0.25, -0.2) is 0 Å². The standard InChI is InChI=1S/C6H12O3.2CH4/c1-7-2-3-8-4-6-5-9-6;;/h6H,2-5H2,1H3;2*1H4. The van der Waals surface area contributed by atoms with Crippen molar-refractivity contribution in [2.75, 3.05) is 33.5 Å². The van der Waals surface area contributed by atoms with Crippen molar-refractivity contribution in [1.82, 2.24) is 0 Å². The topological polar surface area (TPSA) is 31.0 Å². The first kappa shape index (κ1) is 13.5. The highest BCUT2D eigenvalue weighted by molar-refractivity contribution is 4.66. The lowest BCUT2D eigenvalue weighted by Gasteiger charge is -1.98. The lowest BCUT2D eigenvalue weighted by Crippen LogP contribution is -2.06. The molecule has 3 nitrogen and oxygen atoms in total. The van der Waals surface area contributed by atoms with E-state index in [0.717, 1.165) is 13.2 Å². The average molecular weight is 164 g/mol. The van der Waals surface area contributed by atoms with Crippen LogP contribution in [0.2, 0.25) is 0 Å². The van der Waals surface area contributed by atoms with Crippen molar-refractivity contribution in [3.63, 3.8) is 0 Å². The molecular formula is C8H20O3. The van der Waals surface area contributed by atoms with Crippen LogP contribution in [0.3, 0.4) is 0 Å². The van der Waals surface area contributed by atoms with Crippen LogP contribution >= 0.6 is 0 Å². The third kappa shape index (κ3) is 7.78. The Morgan fingerprint density at radius 3 is 2.45 bits per heavy atom. The number of hydrogen-bond donors (Lipinski definition) is 0. The Kier molecular flexibility index (Phi) is 9.77. The van der Waals surface area contributed by atoms with Crippen molar-refractivity contribution in [3.05, 3.63) is 0 Å². The normalized spacial score (nSPS) is 19.9. The van der Waals surface area contributed by atoms with Gasteiger partial charge in [0.25, 0.3) is 0 Å². The van der Waals surface area contributed by atoms with E-state index < -0.39 is 0 Å². The third-order valence-electron chi connectivity index (χ3n) is 1.14. The van der Waals surface area contributed by atoms with Crippen molar-refractivity contribution < 1.29 is 14.2 Å². The zero-order valence-electron chi connectivity index (χ0n) is 5.63. The van der Waals surface area contributed by atoms with Gasteiger partial charge in [0, 0.05) is 7.11 Å². The molecule has 0 N–H and O–H groups in total. The molecule has 0 aromatic carbocycles. The molecule has 0 radical (unpaired) electrons. The molecule has 0 bridgehead atoms. The Morgan fingerprint density at radius 2 is 2.00 bits per heavy atom. The summed E-state index contributed by atoms with van der Waals surface area (Å²) < 4.78 is 14.8. The van der Waals surface area contributed by atoms with Gasteiger partial charge in [0.1, 0.15) is 6.10 Å². The molecule has 0 aromatic heterocycles. The fourth-order valence-corrected chi connectivity index (χ4v) is 0.521. The molecule has 1 unspecified atom stereocenters. The van der Waals surface area contributed by atoms with Gasteiger partial charge < -0.3 is 14.2 Å². The van der Waals surface area contributed by atoms with Crippen LogP contribution in [0.1, 0.15) is 14.9 Å². The minimum atomic E-state index is 0. The van der Waals surface area contributed by atoms with Crippen molar-refractivity contribution in [2.45, 2.75) is 21.0 Å². The van der Waals surface area contributed by atoms with Gasteiger partial charge in [0.2, 0.25) is 0 Å². The van der Waals surface area contributed by atoms with E-state index in [2.05, 4.69) is 0 Å². The SMILES string of the molecule is C.C.COCCOCC1CO1. The summed E-state index contributed by atoms with van der Waals surface area (Å²) in [5, 5.41) is 0. The van der Waals surface area contributed by atoms with Crippen LogP contribution in [0.5, 0.6) is 0 Å². The summed E-state index contributed by atoms with van der Waals surface area (Å²) in [7, 11) is 1.66. The minimum absolute atomic E-state index is 0. The first-order valence-corrected chi connectivity index (χ1v) is 3.12. The molecule has 3 heteroatoms. The molecule has 1 aliphatic rings. The molecule has 0 amide bonds. The van der Waals surface area contributed by atoms with Crippen molar-refractivity contribution >= 4 is 0 Å². The van der Waals surface area contributed by atoms with Gasteiger partial charge >= 0.3 is 0 Å². The number of hydrogen-bond acceptors (Lipinski definition) is 3. The first-order chi connectivity index (χ1) is 4.43. The summed E-state index contributed by atoms with van der Waals surface area (Å²) >= 11 is 0. The molecule has 1 heterocycles. The van der Waals surface area contributed by atoms with E-state index in [1.54, 1.807) is 7.11 Å². The Morgan fingerprint density at radius 1 is 1.36 bits per heavy atom. The fourth-order valence-electron chi connectivity index (χ4n) is 0.521. The first-order valence-electron chi connectivity index (χ1n) is 3.12. The van der Waals surface area contributed by atoms with Crippen molar-refractivity contribution in [3.8, 4) is 0 Å². The van der Waals surface area contributed by atoms with Crippen molar-refractivity contribution in [1.29, 1.82) is 0 Å². The van der Waals surface area contributed by atoms with Gasteiger partial charge in [-0.1, -0.05) is 14.9 Å². The second-order valence-electron chi connectivity index (χ2n) is 2.02. The van der Waals surface area contributed by atoms with Gasteiger partial charge in [-0.2, -0.15) is 0 Å². The molecule has 1 atom stereocenters. The van der Waals surface area contributed by atoms with Crippen LogP contribution in [-0.2, 0) is 14.2 Å². The second-order valence-corrected chi connectivity index (χ2v) is 2.02. The number of ether oxygens (including phenoxy) is 3. The Labute approximate surface area is 69.6 Å². The summed E-state index contributed by atoms with van der Waals surface area (Å²) in [5.74, 6) is 0. The van der Waals surface area contributed by atoms with E-state index in [4.69, 9.17) is 14.2 Å². The summed E-state index contributed by atoms with van der Waals surface area (Å²) in [6, 6.07) is 0. The highest BCUT2D eigenvalue weighted by atomic mass is 16.6. The molecule has 0 saturated carbocycles. The summed E-state index contributed by atoms with van der Waals surface area (Å²) in [4.78, 5) is 0. The summed E-state index contributed by atoms with van der Waals surface area (Å²) in [5.41, 5.74) is 0. The van der Waals surface area contributed by atoms with Crippen LogP contribution in [0.4, 0.5) is 0 Å². The van der Waals surface area contributed by atoms with E-state index in [-0.39, 0.29) is 14.9 Å². The van der Waals surface area contributed by atoms with Crippen LogP contribution in [0.15, 0.2) is 0 Å². The molecular weight excluding hydrogens is 144 g/mol. The lowest BCUT2D eigenvalue weighted by molar-refractivity contribution is 0.0622. The minimum Gasteiger partial charge on any atom is -0.382 e. The zero-order valence-corrected chi connectivity index (χ0v) is 5.63. The van der Waals surface area contributed by atoms with Gasteiger partial charge in [-0.3, -0.25) is 0 Å². The Hall–Kier alpha value is -0.120. The summed E-state index contributed by atoms with van der Waals surface area (Å²) in [6.45, 7) is 2.94. The van der Waals surface area contributed by atoms with Crippen LogP contribution in [-0.4, -0.2) is 39.6 Å². The van der Waals surface area contributed by atoms with Gasteiger partial charge in [0.15, 0.2) is 0 Å². The van der Waals surface area contributed by atoms with Crippen LogP contribution in [0, 0.1) is 0 Å². The number of rotatable bonds is 5. The van der Waals surface area contributed by atoms with Gasteiger partial charge in [-0.15, -0.1) is 0 Å². The molecule has 0 aromatic rings. The number of methoxy groups -OCH3 is 1. The van der Waals surface area contributed by atoms with E-state index in [1.807, 2.05) is 0 Å². The fraction of sp³-hybridized carbons (Fsp3) is 1.00. The zero-order chi connectivity index (χ0) is 6.53. The summed E-state index contributed by atoms with van der Waals surface area (Å²) in [6.07, 6.45) is 0.377. The van der Waals surface area contributed by atoms with E-state index in [0.29, 0.717) is 19.3 Å².